The fourth-order valence-corrected chi connectivity index (χ4v) is 5.11. The molecule has 1 aliphatic rings. The first kappa shape index (κ1) is 25.7. The number of nitrogen functional groups attached to an aromatic ring is 1. The average molecular weight is 531 g/mol. The molecule has 2 aromatic heterocycles. The molecule has 2 unspecified atom stereocenters. The SMILES string of the molecule is Nc1nc2c(ncn2[C@H]2CC[C@@H](COP(=O)(O)OP(=O)(O)OCCNC(=O)CCl)O2)c(=O)[nH]1. The Bertz CT molecular complexity index is 1160. The van der Waals surface area contributed by atoms with E-state index in [-0.39, 0.29) is 29.5 Å². The van der Waals surface area contributed by atoms with Gasteiger partial charge in [0.15, 0.2) is 11.2 Å². The molecule has 16 nitrogen and oxygen atoms in total. The number of imidazole rings is 1. The number of hydrogen-bond acceptors (Lipinski definition) is 11. The van der Waals surface area contributed by atoms with Gasteiger partial charge in [-0.25, -0.2) is 14.1 Å². The number of aromatic amines is 1. The second-order valence-corrected chi connectivity index (χ2v) is 10.0. The predicted molar refractivity (Wildman–Crippen MR) is 112 cm³/mol. The van der Waals surface area contributed by atoms with E-state index in [2.05, 4.69) is 29.1 Å². The molecule has 0 radical (unpaired) electrons. The van der Waals surface area contributed by atoms with Crippen LogP contribution in [0.1, 0.15) is 19.1 Å². The van der Waals surface area contributed by atoms with Gasteiger partial charge in [-0.2, -0.15) is 9.29 Å². The van der Waals surface area contributed by atoms with E-state index >= 15 is 0 Å². The van der Waals surface area contributed by atoms with Crippen LogP contribution >= 0.6 is 27.2 Å². The summed E-state index contributed by atoms with van der Waals surface area (Å²) in [7, 11) is -9.95. The first-order chi connectivity index (χ1) is 15.5. The molecule has 33 heavy (non-hydrogen) atoms. The predicted octanol–water partition coefficient (Wildman–Crippen LogP) is -0.0150. The van der Waals surface area contributed by atoms with E-state index in [1.165, 1.54) is 10.9 Å². The molecule has 0 saturated carbocycles. The lowest BCUT2D eigenvalue weighted by atomic mass is 10.2. The lowest BCUT2D eigenvalue weighted by Crippen LogP contribution is -2.27. The molecule has 1 aliphatic heterocycles. The lowest BCUT2D eigenvalue weighted by Gasteiger charge is -2.18. The van der Waals surface area contributed by atoms with Gasteiger partial charge in [-0.15, -0.1) is 11.6 Å². The van der Waals surface area contributed by atoms with E-state index in [0.717, 1.165) is 0 Å². The number of nitrogens with two attached hydrogens (primary N) is 1. The molecule has 0 bridgehead atoms. The number of aromatic nitrogens is 4. The van der Waals surface area contributed by atoms with Crippen molar-refractivity contribution in [2.45, 2.75) is 25.2 Å². The Labute approximate surface area is 190 Å². The largest absolute Gasteiger partial charge is 0.481 e. The molecule has 19 heteroatoms. The number of rotatable bonds is 11. The Balaban J connectivity index is 1.50. The average Bonchev–Trinajstić information content (AvgIpc) is 3.35. The summed E-state index contributed by atoms with van der Waals surface area (Å²) in [6.45, 7) is -1.11. The number of hydrogen-bond donors (Lipinski definition) is 5. The Kier molecular flexibility index (Phi) is 8.26. The third-order valence-electron chi connectivity index (χ3n) is 4.28. The van der Waals surface area contributed by atoms with Crippen LogP contribution in [-0.2, 0) is 32.0 Å². The number of phosphoric ester groups is 2. The number of nitrogens with zero attached hydrogens (tertiary/aromatic N) is 3. The van der Waals surface area contributed by atoms with Crippen LogP contribution in [0.2, 0.25) is 0 Å². The van der Waals surface area contributed by atoms with Crippen LogP contribution in [0.4, 0.5) is 5.95 Å². The topological polar surface area (TPSA) is 230 Å². The van der Waals surface area contributed by atoms with Crippen molar-refractivity contribution in [1.29, 1.82) is 0 Å². The van der Waals surface area contributed by atoms with Crippen LogP contribution in [0.3, 0.4) is 0 Å². The minimum Gasteiger partial charge on any atom is -0.369 e. The van der Waals surface area contributed by atoms with E-state index < -0.39 is 52.7 Å². The summed E-state index contributed by atoms with van der Waals surface area (Å²) in [4.78, 5) is 52.5. The molecule has 0 spiro atoms. The van der Waals surface area contributed by atoms with Crippen molar-refractivity contribution in [2.75, 3.05) is 31.4 Å². The zero-order valence-electron chi connectivity index (χ0n) is 16.8. The molecule has 6 N–H and O–H groups in total. The zero-order chi connectivity index (χ0) is 24.2. The van der Waals surface area contributed by atoms with E-state index in [1.807, 2.05) is 0 Å². The number of carbonyl (C=O) groups is 1. The number of phosphoric acid groups is 2. The maximum atomic E-state index is 12.0. The summed E-state index contributed by atoms with van der Waals surface area (Å²) in [6.07, 6.45) is 0.888. The highest BCUT2D eigenvalue weighted by molar-refractivity contribution is 7.61. The molecule has 0 aromatic carbocycles. The van der Waals surface area contributed by atoms with Crippen molar-refractivity contribution in [3.8, 4) is 0 Å². The van der Waals surface area contributed by atoms with Gasteiger partial charge in [0.1, 0.15) is 12.1 Å². The first-order valence-electron chi connectivity index (χ1n) is 9.36. The van der Waals surface area contributed by atoms with E-state index in [4.69, 9.17) is 26.6 Å². The molecule has 0 aliphatic carbocycles. The second kappa shape index (κ2) is 10.6. The highest BCUT2D eigenvalue weighted by Crippen LogP contribution is 2.60. The standard InChI is InChI=1S/C14H21ClN6O10P2/c15-5-9(22)17-3-4-28-32(24,25)31-33(26,27)29-6-8-1-2-10(30-8)21-7-18-11-12(21)19-14(16)20-13(11)23/h7-8,10H,1-6H2,(H,17,22)(H,24,25)(H,26,27)(H3,16,19,20,23)/t8-,10+/m0/s1. The van der Waals surface area contributed by atoms with Gasteiger partial charge in [0, 0.05) is 6.54 Å². The third kappa shape index (κ3) is 7.06. The smallest absolute Gasteiger partial charge is 0.369 e. The Morgan fingerprint density at radius 3 is 2.82 bits per heavy atom. The number of halogens is 1. The number of amides is 1. The fraction of sp³-hybridized carbons (Fsp3) is 0.571. The maximum Gasteiger partial charge on any atom is 0.481 e. The summed E-state index contributed by atoms with van der Waals surface area (Å²) in [5.41, 5.74) is 5.33. The maximum absolute atomic E-state index is 12.0. The number of nitrogens with one attached hydrogen (secondary N) is 2. The van der Waals surface area contributed by atoms with Gasteiger partial charge in [-0.05, 0) is 12.8 Å². The second-order valence-electron chi connectivity index (χ2n) is 6.70. The van der Waals surface area contributed by atoms with Crippen molar-refractivity contribution in [3.63, 3.8) is 0 Å². The van der Waals surface area contributed by atoms with Crippen molar-refractivity contribution < 1.29 is 41.8 Å². The first-order valence-corrected chi connectivity index (χ1v) is 12.9. The van der Waals surface area contributed by atoms with Crippen LogP contribution in [0.15, 0.2) is 11.1 Å². The third-order valence-corrected chi connectivity index (χ3v) is 7.15. The number of ether oxygens (including phenoxy) is 1. The molecule has 2 aromatic rings. The van der Waals surface area contributed by atoms with Gasteiger partial charge < -0.3 is 25.6 Å². The number of anilines is 1. The monoisotopic (exact) mass is 530 g/mol. The number of fused-ring (bicyclic) bond motifs is 1. The molecule has 1 saturated heterocycles. The molecule has 1 fully saturated rings. The molecule has 184 valence electrons. The van der Waals surface area contributed by atoms with Crippen molar-refractivity contribution in [3.05, 3.63) is 16.7 Å². The van der Waals surface area contributed by atoms with Crippen LogP contribution in [0, 0.1) is 0 Å². The van der Waals surface area contributed by atoms with Crippen LogP contribution in [0.5, 0.6) is 0 Å². The lowest BCUT2D eigenvalue weighted by molar-refractivity contribution is -0.118. The van der Waals surface area contributed by atoms with Gasteiger partial charge in [-0.3, -0.25) is 28.2 Å². The highest BCUT2D eigenvalue weighted by atomic mass is 35.5. The van der Waals surface area contributed by atoms with Gasteiger partial charge in [0.2, 0.25) is 11.9 Å². The van der Waals surface area contributed by atoms with E-state index in [0.29, 0.717) is 12.8 Å². The molecule has 3 rings (SSSR count). The van der Waals surface area contributed by atoms with Crippen LogP contribution < -0.4 is 16.6 Å². The summed E-state index contributed by atoms with van der Waals surface area (Å²) >= 11 is 5.27. The van der Waals surface area contributed by atoms with Gasteiger partial charge in [-0.1, -0.05) is 0 Å². The van der Waals surface area contributed by atoms with Gasteiger partial charge in [0.05, 0.1) is 25.6 Å². The number of alkyl halides is 1. The minimum atomic E-state index is -4.99. The quantitative estimate of drug-likeness (QED) is 0.146. The van der Waals surface area contributed by atoms with Crippen LogP contribution in [-0.4, -0.2) is 67.0 Å². The molecular formula is C14H21ClN6O10P2. The minimum absolute atomic E-state index is 0.0710. The van der Waals surface area contributed by atoms with Crippen molar-refractivity contribution >= 4 is 50.3 Å². The normalized spacial score (nSPS) is 22.2. The van der Waals surface area contributed by atoms with Gasteiger partial charge in [0.25, 0.3) is 5.56 Å². The Morgan fingerprint density at radius 2 is 2.09 bits per heavy atom. The van der Waals surface area contributed by atoms with Gasteiger partial charge >= 0.3 is 15.6 Å². The summed E-state index contributed by atoms with van der Waals surface area (Å²) in [5.74, 6) is -0.936. The summed E-state index contributed by atoms with van der Waals surface area (Å²) in [6, 6.07) is 0. The van der Waals surface area contributed by atoms with Crippen molar-refractivity contribution in [1.82, 2.24) is 24.8 Å². The van der Waals surface area contributed by atoms with Crippen LogP contribution in [0.25, 0.3) is 11.2 Å². The highest BCUT2D eigenvalue weighted by Gasteiger charge is 2.37. The van der Waals surface area contributed by atoms with E-state index in [1.54, 1.807) is 0 Å². The molecule has 4 atom stereocenters. The molecule has 1 amide bonds. The van der Waals surface area contributed by atoms with Crippen molar-refractivity contribution in [2.24, 2.45) is 0 Å². The Morgan fingerprint density at radius 1 is 1.36 bits per heavy atom. The number of carbonyl (C=O) groups excluding carboxylic acids is 1. The van der Waals surface area contributed by atoms with E-state index in [9.17, 15) is 28.5 Å². The zero-order valence-corrected chi connectivity index (χ0v) is 19.4. The fourth-order valence-electron chi connectivity index (χ4n) is 2.92. The summed E-state index contributed by atoms with van der Waals surface area (Å²) < 4.78 is 44.5. The number of H-pyrrole nitrogens is 1. The molecule has 3 heterocycles. The molecular weight excluding hydrogens is 510 g/mol. The Hall–Kier alpha value is -1.87. The summed E-state index contributed by atoms with van der Waals surface area (Å²) in [5, 5.41) is 2.26.